The molecular weight excluding hydrogens is 290 g/mol. The Hall–Kier alpha value is -2.38. The molecule has 0 aliphatic carbocycles. The summed E-state index contributed by atoms with van der Waals surface area (Å²) in [5.74, 6) is -1.90. The molecule has 0 spiro atoms. The van der Waals surface area contributed by atoms with Gasteiger partial charge in [-0.15, -0.1) is 0 Å². The predicted octanol–water partition coefficient (Wildman–Crippen LogP) is 2.47. The van der Waals surface area contributed by atoms with Crippen molar-refractivity contribution in [1.82, 2.24) is 15.1 Å². The maximum atomic E-state index is 13.5. The van der Waals surface area contributed by atoms with E-state index in [4.69, 9.17) is 0 Å². The molecule has 1 N–H and O–H groups in total. The monoisotopic (exact) mass is 301 g/mol. The summed E-state index contributed by atoms with van der Waals surface area (Å²) in [7, 11) is 0. The molecule has 0 fully saturated rings. The summed E-state index contributed by atoms with van der Waals surface area (Å²) in [6.07, 6.45) is -1.41. The van der Waals surface area contributed by atoms with Crippen molar-refractivity contribution < 1.29 is 22.4 Å². The average molecular weight is 301 g/mol. The molecule has 1 aromatic carbocycles. The molecule has 112 valence electrons. The van der Waals surface area contributed by atoms with Crippen LogP contribution in [-0.4, -0.2) is 22.2 Å². The molecule has 0 unspecified atom stereocenters. The largest absolute Gasteiger partial charge is 0.416 e. The highest BCUT2D eigenvalue weighted by atomic mass is 19.4. The number of carbonyl (C=O) groups excluding carboxylic acids is 1. The Morgan fingerprint density at radius 1 is 1.33 bits per heavy atom. The first-order valence-electron chi connectivity index (χ1n) is 6.00. The van der Waals surface area contributed by atoms with Gasteiger partial charge in [-0.1, -0.05) is 0 Å². The molecule has 2 rings (SSSR count). The lowest BCUT2D eigenvalue weighted by atomic mass is 10.1. The average Bonchev–Trinajstić information content (AvgIpc) is 2.91. The normalized spacial score (nSPS) is 11.4. The first-order chi connectivity index (χ1) is 9.88. The maximum absolute atomic E-state index is 13.5. The number of benzene rings is 1. The molecule has 1 amide bonds. The number of halogens is 4. The van der Waals surface area contributed by atoms with Crippen LogP contribution >= 0.6 is 0 Å². The Morgan fingerprint density at radius 2 is 2.10 bits per heavy atom. The van der Waals surface area contributed by atoms with Crippen molar-refractivity contribution in [1.29, 1.82) is 0 Å². The zero-order valence-electron chi connectivity index (χ0n) is 10.7. The maximum Gasteiger partial charge on any atom is 0.416 e. The van der Waals surface area contributed by atoms with E-state index in [1.807, 2.05) is 0 Å². The summed E-state index contributed by atoms with van der Waals surface area (Å²) < 4.78 is 52.6. The minimum absolute atomic E-state index is 0.121. The molecular formula is C13H11F4N3O. The third kappa shape index (κ3) is 3.80. The van der Waals surface area contributed by atoms with Crippen LogP contribution in [0.2, 0.25) is 0 Å². The van der Waals surface area contributed by atoms with Gasteiger partial charge in [0.15, 0.2) is 0 Å². The second-order valence-corrected chi connectivity index (χ2v) is 4.22. The molecule has 0 aliphatic heterocycles. The third-order valence-electron chi connectivity index (χ3n) is 2.72. The van der Waals surface area contributed by atoms with E-state index in [0.717, 1.165) is 0 Å². The fourth-order valence-corrected chi connectivity index (χ4v) is 1.69. The van der Waals surface area contributed by atoms with E-state index in [1.165, 1.54) is 4.68 Å². The fraction of sp³-hybridized carbons (Fsp3) is 0.231. The van der Waals surface area contributed by atoms with Gasteiger partial charge in [-0.05, 0) is 24.3 Å². The quantitative estimate of drug-likeness (QED) is 0.882. The van der Waals surface area contributed by atoms with Crippen molar-refractivity contribution in [3.63, 3.8) is 0 Å². The van der Waals surface area contributed by atoms with Crippen LogP contribution in [-0.2, 0) is 12.7 Å². The minimum atomic E-state index is -4.63. The van der Waals surface area contributed by atoms with Crippen molar-refractivity contribution in [3.8, 4) is 0 Å². The first kappa shape index (κ1) is 15.0. The van der Waals surface area contributed by atoms with Gasteiger partial charge in [-0.3, -0.25) is 9.48 Å². The highest BCUT2D eigenvalue weighted by Gasteiger charge is 2.31. The van der Waals surface area contributed by atoms with E-state index in [2.05, 4.69) is 10.4 Å². The minimum Gasteiger partial charge on any atom is -0.350 e. The van der Waals surface area contributed by atoms with Gasteiger partial charge in [-0.2, -0.15) is 18.3 Å². The van der Waals surface area contributed by atoms with Gasteiger partial charge in [0.05, 0.1) is 17.7 Å². The molecule has 21 heavy (non-hydrogen) atoms. The Morgan fingerprint density at radius 3 is 2.71 bits per heavy atom. The van der Waals surface area contributed by atoms with Gasteiger partial charge in [-0.25, -0.2) is 4.39 Å². The molecule has 1 aromatic heterocycles. The van der Waals surface area contributed by atoms with E-state index >= 15 is 0 Å². The van der Waals surface area contributed by atoms with Crippen molar-refractivity contribution in [2.24, 2.45) is 0 Å². The van der Waals surface area contributed by atoms with Crippen LogP contribution in [0.1, 0.15) is 15.9 Å². The lowest BCUT2D eigenvalue weighted by Crippen LogP contribution is -2.28. The van der Waals surface area contributed by atoms with Crippen LogP contribution in [0.3, 0.4) is 0 Å². The third-order valence-corrected chi connectivity index (χ3v) is 2.72. The predicted molar refractivity (Wildman–Crippen MR) is 66.0 cm³/mol. The van der Waals surface area contributed by atoms with Gasteiger partial charge in [0.1, 0.15) is 5.82 Å². The second kappa shape index (κ2) is 5.94. The van der Waals surface area contributed by atoms with E-state index in [-0.39, 0.29) is 6.54 Å². The zero-order valence-corrected chi connectivity index (χ0v) is 10.7. The van der Waals surface area contributed by atoms with Gasteiger partial charge in [0.25, 0.3) is 5.91 Å². The molecule has 0 saturated heterocycles. The van der Waals surface area contributed by atoms with Crippen molar-refractivity contribution >= 4 is 5.91 Å². The van der Waals surface area contributed by atoms with Gasteiger partial charge < -0.3 is 5.32 Å². The molecule has 0 atom stereocenters. The number of amides is 1. The fourth-order valence-electron chi connectivity index (χ4n) is 1.69. The molecule has 1 heterocycles. The van der Waals surface area contributed by atoms with Crippen LogP contribution in [0, 0.1) is 5.82 Å². The van der Waals surface area contributed by atoms with E-state index in [9.17, 15) is 22.4 Å². The highest BCUT2D eigenvalue weighted by molar-refractivity contribution is 5.94. The molecule has 8 heteroatoms. The first-order valence-corrected chi connectivity index (χ1v) is 6.00. The summed E-state index contributed by atoms with van der Waals surface area (Å²) in [5, 5.41) is 6.24. The van der Waals surface area contributed by atoms with Crippen LogP contribution < -0.4 is 5.32 Å². The number of hydrogen-bond donors (Lipinski definition) is 1. The lowest BCUT2D eigenvalue weighted by Gasteiger charge is -2.10. The van der Waals surface area contributed by atoms with Crippen molar-refractivity contribution in [2.75, 3.05) is 6.54 Å². The second-order valence-electron chi connectivity index (χ2n) is 4.22. The molecule has 0 radical (unpaired) electrons. The smallest absolute Gasteiger partial charge is 0.350 e. The van der Waals surface area contributed by atoms with Crippen LogP contribution in [0.15, 0.2) is 36.7 Å². The zero-order chi connectivity index (χ0) is 15.5. The topological polar surface area (TPSA) is 46.9 Å². The van der Waals surface area contributed by atoms with Crippen LogP contribution in [0.4, 0.5) is 17.6 Å². The summed E-state index contributed by atoms with van der Waals surface area (Å²) in [4.78, 5) is 11.7. The molecule has 2 aromatic rings. The number of alkyl halides is 3. The molecule has 4 nitrogen and oxygen atoms in total. The SMILES string of the molecule is O=C(NCCn1cccn1)c1cc(C(F)(F)F)ccc1F. The number of hydrogen-bond acceptors (Lipinski definition) is 2. The summed E-state index contributed by atoms with van der Waals surface area (Å²) >= 11 is 0. The van der Waals surface area contributed by atoms with Crippen molar-refractivity contribution in [2.45, 2.75) is 12.7 Å². The van der Waals surface area contributed by atoms with E-state index in [0.29, 0.717) is 24.7 Å². The highest BCUT2D eigenvalue weighted by Crippen LogP contribution is 2.30. The van der Waals surface area contributed by atoms with Crippen LogP contribution in [0.25, 0.3) is 0 Å². The number of carbonyl (C=O) groups is 1. The standard InChI is InChI=1S/C13H11F4N3O/c14-11-3-2-9(13(15,16)17)8-10(11)12(21)18-5-7-20-6-1-4-19-20/h1-4,6,8H,5,7H2,(H,18,21). The van der Waals surface area contributed by atoms with Gasteiger partial charge >= 0.3 is 6.18 Å². The van der Waals surface area contributed by atoms with Crippen LogP contribution in [0.5, 0.6) is 0 Å². The number of aromatic nitrogens is 2. The summed E-state index contributed by atoms with van der Waals surface area (Å²) in [6.45, 7) is 0.454. The summed E-state index contributed by atoms with van der Waals surface area (Å²) in [5.41, 5.74) is -1.70. The van der Waals surface area contributed by atoms with Gasteiger partial charge in [0.2, 0.25) is 0 Å². The molecule has 0 aliphatic rings. The summed E-state index contributed by atoms with van der Waals surface area (Å²) in [6, 6.07) is 3.41. The Bertz CT molecular complexity index is 623. The lowest BCUT2D eigenvalue weighted by molar-refractivity contribution is -0.137. The number of nitrogens with one attached hydrogen (secondary N) is 1. The van der Waals surface area contributed by atoms with Crippen molar-refractivity contribution in [3.05, 3.63) is 53.6 Å². The van der Waals surface area contributed by atoms with Gasteiger partial charge in [0, 0.05) is 18.9 Å². The number of rotatable bonds is 4. The molecule has 0 saturated carbocycles. The Balaban J connectivity index is 2.04. The Labute approximate surface area is 117 Å². The van der Waals surface area contributed by atoms with E-state index < -0.39 is 29.0 Å². The Kier molecular flexibility index (Phi) is 4.25. The molecule has 0 bridgehead atoms. The van der Waals surface area contributed by atoms with E-state index in [1.54, 1.807) is 18.5 Å². The number of nitrogens with zero attached hydrogens (tertiary/aromatic N) is 2.